The minimum atomic E-state index is -4.33. The Morgan fingerprint density at radius 3 is 1.81 bits per heavy atom. The fourth-order valence-electron chi connectivity index (χ4n) is 4.84. The van der Waals surface area contributed by atoms with Crippen LogP contribution in [-0.4, -0.2) is 47.8 Å². The molecule has 0 fully saturated rings. The molecule has 43 heavy (non-hydrogen) atoms. The first kappa shape index (κ1) is 42.0. The number of rotatable bonds is 32. The molecule has 0 aromatic heterocycles. The lowest BCUT2D eigenvalue weighted by Gasteiger charge is -2.23. The Morgan fingerprint density at radius 1 is 0.744 bits per heavy atom. The van der Waals surface area contributed by atoms with Gasteiger partial charge in [-0.1, -0.05) is 134 Å². The van der Waals surface area contributed by atoms with E-state index in [1.807, 2.05) is 6.08 Å². The molecular formula is C34H67N2O6P. The quantitative estimate of drug-likeness (QED) is 0.0332. The monoisotopic (exact) mass is 630 g/mol. The zero-order valence-corrected chi connectivity index (χ0v) is 28.6. The van der Waals surface area contributed by atoms with E-state index in [1.165, 1.54) is 70.6 Å². The summed E-state index contributed by atoms with van der Waals surface area (Å²) in [7, 11) is -4.33. The zero-order chi connectivity index (χ0) is 31.9. The first-order valence-corrected chi connectivity index (χ1v) is 19.0. The number of allylic oxidation sites excluding steroid dienone is 3. The molecule has 0 aliphatic heterocycles. The Balaban J connectivity index is 4.38. The van der Waals surface area contributed by atoms with Crippen LogP contribution in [0.15, 0.2) is 24.3 Å². The number of nitrogens with two attached hydrogens (primary N) is 1. The van der Waals surface area contributed by atoms with Crippen molar-refractivity contribution in [2.45, 2.75) is 167 Å². The number of aliphatic hydroxyl groups is 1. The second-order valence-corrected chi connectivity index (χ2v) is 13.2. The first-order chi connectivity index (χ1) is 20.9. The van der Waals surface area contributed by atoms with Crippen molar-refractivity contribution in [3.05, 3.63) is 24.3 Å². The highest BCUT2D eigenvalue weighted by Gasteiger charge is 2.26. The summed E-state index contributed by atoms with van der Waals surface area (Å²) >= 11 is 0. The SMILES string of the molecule is CCC/C=C\CCCCCCCC(=O)NC(COP(=O)(O)OCCN)C(O)/C=C/CCCCCCCCCCCCCC. The lowest BCUT2D eigenvalue weighted by atomic mass is 10.0. The summed E-state index contributed by atoms with van der Waals surface area (Å²) in [5.74, 6) is -0.208. The third kappa shape index (κ3) is 29.5. The van der Waals surface area contributed by atoms with Crippen LogP contribution in [0.1, 0.15) is 155 Å². The van der Waals surface area contributed by atoms with Gasteiger partial charge < -0.3 is 21.1 Å². The summed E-state index contributed by atoms with van der Waals surface area (Å²) in [6, 6.07) is -0.859. The van der Waals surface area contributed by atoms with Crippen LogP contribution in [0.2, 0.25) is 0 Å². The summed E-state index contributed by atoms with van der Waals surface area (Å²) in [6.07, 6.45) is 32.2. The van der Waals surface area contributed by atoms with Crippen LogP contribution in [-0.2, 0) is 18.4 Å². The van der Waals surface area contributed by atoms with Gasteiger partial charge in [-0.3, -0.25) is 13.8 Å². The van der Waals surface area contributed by atoms with Gasteiger partial charge in [0.25, 0.3) is 0 Å². The van der Waals surface area contributed by atoms with E-state index in [0.717, 1.165) is 64.2 Å². The van der Waals surface area contributed by atoms with Crippen molar-refractivity contribution in [2.75, 3.05) is 19.8 Å². The Labute approximate surface area is 264 Å². The molecular weight excluding hydrogens is 563 g/mol. The normalized spacial score (nSPS) is 14.8. The maximum absolute atomic E-state index is 12.6. The molecule has 9 heteroatoms. The number of amides is 1. The minimum absolute atomic E-state index is 0.0775. The molecule has 0 saturated heterocycles. The molecule has 254 valence electrons. The van der Waals surface area contributed by atoms with Gasteiger partial charge in [-0.2, -0.15) is 0 Å². The Morgan fingerprint density at radius 2 is 1.26 bits per heavy atom. The van der Waals surface area contributed by atoms with Gasteiger partial charge in [0.2, 0.25) is 5.91 Å². The van der Waals surface area contributed by atoms with Gasteiger partial charge >= 0.3 is 7.82 Å². The number of carbonyl (C=O) groups excluding carboxylic acids is 1. The summed E-state index contributed by atoms with van der Waals surface area (Å²) in [4.78, 5) is 22.5. The van der Waals surface area contributed by atoms with Gasteiger partial charge in [-0.15, -0.1) is 0 Å². The van der Waals surface area contributed by atoms with Crippen LogP contribution in [0.4, 0.5) is 0 Å². The number of unbranched alkanes of at least 4 members (excludes halogenated alkanes) is 18. The van der Waals surface area contributed by atoms with E-state index in [4.69, 9.17) is 14.8 Å². The van der Waals surface area contributed by atoms with E-state index in [0.29, 0.717) is 6.42 Å². The molecule has 0 heterocycles. The molecule has 5 N–H and O–H groups in total. The van der Waals surface area contributed by atoms with E-state index < -0.39 is 20.0 Å². The number of phosphoric acid groups is 1. The summed E-state index contributed by atoms with van der Waals surface area (Å²) in [5, 5.41) is 13.5. The van der Waals surface area contributed by atoms with Crippen molar-refractivity contribution in [1.29, 1.82) is 0 Å². The van der Waals surface area contributed by atoms with Crippen LogP contribution < -0.4 is 11.1 Å². The number of hydrogen-bond donors (Lipinski definition) is 4. The Hall–Kier alpha value is -1.02. The van der Waals surface area contributed by atoms with Gasteiger partial charge in [0.05, 0.1) is 25.4 Å². The highest BCUT2D eigenvalue weighted by atomic mass is 31.2. The highest BCUT2D eigenvalue weighted by Crippen LogP contribution is 2.43. The van der Waals surface area contributed by atoms with Gasteiger partial charge in [0.15, 0.2) is 0 Å². The second-order valence-electron chi connectivity index (χ2n) is 11.7. The fraction of sp³-hybridized carbons (Fsp3) is 0.853. The fourth-order valence-corrected chi connectivity index (χ4v) is 5.60. The standard InChI is InChI=1S/C34H67N2O6P/c1-3-5-7-9-11-13-15-16-17-18-19-21-23-25-27-33(37)32(31-42-43(39,40)41-30-29-35)36-34(38)28-26-24-22-20-14-12-10-8-6-4-2/h8,10,25,27,32-33,37H,3-7,9,11-24,26,28-31,35H2,1-2H3,(H,36,38)(H,39,40)/b10-8-,27-25+. The number of carbonyl (C=O) groups is 1. The van der Waals surface area contributed by atoms with Crippen molar-refractivity contribution in [3.8, 4) is 0 Å². The van der Waals surface area contributed by atoms with Crippen LogP contribution in [0.3, 0.4) is 0 Å². The van der Waals surface area contributed by atoms with Gasteiger partial charge in [0.1, 0.15) is 0 Å². The van der Waals surface area contributed by atoms with E-state index in [1.54, 1.807) is 6.08 Å². The zero-order valence-electron chi connectivity index (χ0n) is 27.7. The summed E-state index contributed by atoms with van der Waals surface area (Å²) < 4.78 is 21.9. The average molecular weight is 631 g/mol. The molecule has 8 nitrogen and oxygen atoms in total. The van der Waals surface area contributed by atoms with Crippen molar-refractivity contribution >= 4 is 13.7 Å². The lowest BCUT2D eigenvalue weighted by molar-refractivity contribution is -0.123. The van der Waals surface area contributed by atoms with E-state index >= 15 is 0 Å². The number of aliphatic hydroxyl groups excluding tert-OH is 1. The number of nitrogens with one attached hydrogen (secondary N) is 1. The molecule has 0 aliphatic rings. The van der Waals surface area contributed by atoms with Crippen molar-refractivity contribution in [1.82, 2.24) is 5.32 Å². The average Bonchev–Trinajstić information content (AvgIpc) is 2.99. The van der Waals surface area contributed by atoms with E-state index in [2.05, 4.69) is 31.3 Å². The molecule has 3 atom stereocenters. The molecule has 0 bridgehead atoms. The van der Waals surface area contributed by atoms with Crippen molar-refractivity contribution < 1.29 is 28.4 Å². The topological polar surface area (TPSA) is 131 Å². The molecule has 0 aromatic carbocycles. The lowest BCUT2D eigenvalue weighted by Crippen LogP contribution is -2.45. The summed E-state index contributed by atoms with van der Waals surface area (Å²) in [5.41, 5.74) is 5.34. The van der Waals surface area contributed by atoms with E-state index in [9.17, 15) is 19.4 Å². The van der Waals surface area contributed by atoms with Crippen LogP contribution >= 0.6 is 7.82 Å². The van der Waals surface area contributed by atoms with Crippen LogP contribution in [0.5, 0.6) is 0 Å². The number of hydrogen-bond acceptors (Lipinski definition) is 6. The van der Waals surface area contributed by atoms with Gasteiger partial charge in [-0.05, 0) is 38.5 Å². The van der Waals surface area contributed by atoms with E-state index in [-0.39, 0.29) is 25.7 Å². The number of phosphoric ester groups is 1. The van der Waals surface area contributed by atoms with Gasteiger partial charge in [-0.25, -0.2) is 4.57 Å². The summed E-state index contributed by atoms with van der Waals surface area (Å²) in [6.45, 7) is 4.04. The molecule has 0 aliphatic carbocycles. The predicted octanol–water partition coefficient (Wildman–Crippen LogP) is 8.66. The molecule has 0 saturated carbocycles. The van der Waals surface area contributed by atoms with Crippen molar-refractivity contribution in [3.63, 3.8) is 0 Å². The Kier molecular flexibility index (Phi) is 30.2. The third-order valence-electron chi connectivity index (χ3n) is 7.50. The molecule has 0 rings (SSSR count). The molecule has 1 amide bonds. The largest absolute Gasteiger partial charge is 0.472 e. The smallest absolute Gasteiger partial charge is 0.387 e. The van der Waals surface area contributed by atoms with Crippen LogP contribution in [0, 0.1) is 0 Å². The highest BCUT2D eigenvalue weighted by molar-refractivity contribution is 7.47. The van der Waals surface area contributed by atoms with Crippen molar-refractivity contribution in [2.24, 2.45) is 5.73 Å². The maximum Gasteiger partial charge on any atom is 0.472 e. The first-order valence-electron chi connectivity index (χ1n) is 17.5. The maximum atomic E-state index is 12.6. The van der Waals surface area contributed by atoms with Gasteiger partial charge in [0, 0.05) is 13.0 Å². The van der Waals surface area contributed by atoms with Crippen LogP contribution in [0.25, 0.3) is 0 Å². The minimum Gasteiger partial charge on any atom is -0.387 e. The second kappa shape index (κ2) is 31.0. The predicted molar refractivity (Wildman–Crippen MR) is 180 cm³/mol. The molecule has 0 radical (unpaired) electrons. The Bertz CT molecular complexity index is 734. The molecule has 3 unspecified atom stereocenters. The third-order valence-corrected chi connectivity index (χ3v) is 8.49. The molecule has 0 aromatic rings. The molecule has 0 spiro atoms.